The number of fused-ring (bicyclic) bond motifs is 2. The summed E-state index contributed by atoms with van der Waals surface area (Å²) in [5, 5.41) is 21.5. The van der Waals surface area contributed by atoms with Crippen molar-refractivity contribution >= 4 is 19.6 Å². The number of rotatable bonds is 1. The van der Waals surface area contributed by atoms with Crippen LogP contribution in [0.4, 0.5) is 0 Å². The maximum absolute atomic E-state index is 12.2. The monoisotopic (exact) mass is 328 g/mol. The van der Waals surface area contributed by atoms with Gasteiger partial charge in [0.25, 0.3) is 0 Å². The summed E-state index contributed by atoms with van der Waals surface area (Å²) in [6.07, 6.45) is 4.81. The second-order valence-electron chi connectivity index (χ2n) is 7.35. The van der Waals surface area contributed by atoms with Crippen molar-refractivity contribution in [3.63, 3.8) is 0 Å². The van der Waals surface area contributed by atoms with Gasteiger partial charge < -0.3 is 10.2 Å². The maximum Gasteiger partial charge on any atom is 0.190 e. The lowest BCUT2D eigenvalue weighted by atomic mass is 9.82. The first-order valence-electron chi connectivity index (χ1n) is 7.68. The van der Waals surface area contributed by atoms with Crippen LogP contribution in [0.2, 0.25) is 19.6 Å². The molecule has 1 atom stereocenters. The minimum Gasteiger partial charge on any atom is -0.507 e. The molecule has 2 aliphatic rings. The van der Waals surface area contributed by atoms with Crippen LogP contribution in [-0.4, -0.2) is 29.9 Å². The van der Waals surface area contributed by atoms with Crippen LogP contribution in [-0.2, 0) is 6.42 Å². The Morgan fingerprint density at radius 2 is 1.52 bits per heavy atom. The minimum absolute atomic E-state index is 0.0104. The van der Waals surface area contributed by atoms with E-state index in [-0.39, 0.29) is 28.2 Å². The third kappa shape index (κ3) is 2.18. The van der Waals surface area contributed by atoms with Gasteiger partial charge in [0.05, 0.1) is 19.2 Å². The molecule has 0 fully saturated rings. The van der Waals surface area contributed by atoms with Gasteiger partial charge in [0.2, 0.25) is 0 Å². The first kappa shape index (κ1) is 15.7. The van der Waals surface area contributed by atoms with Crippen LogP contribution in [0.15, 0.2) is 23.8 Å². The van der Waals surface area contributed by atoms with E-state index in [4.69, 9.17) is 0 Å². The molecule has 0 saturated heterocycles. The Balaban J connectivity index is 2.40. The summed E-state index contributed by atoms with van der Waals surface area (Å²) in [5.74, 6) is -1.15. The highest BCUT2D eigenvalue weighted by Gasteiger charge is 2.40. The normalized spacial score (nSPS) is 20.2. The molecule has 1 unspecified atom stereocenters. The number of hydrogen-bond donors (Lipinski definition) is 2. The molecule has 2 aliphatic carbocycles. The van der Waals surface area contributed by atoms with E-state index >= 15 is 0 Å². The predicted octanol–water partition coefficient (Wildman–Crippen LogP) is 3.50. The fraction of sp³-hybridized carbons (Fsp3) is 0.333. The zero-order valence-electron chi connectivity index (χ0n) is 13.7. The number of allylic oxidation sites excluding steroid dienone is 4. The van der Waals surface area contributed by atoms with E-state index < -0.39 is 19.6 Å². The van der Waals surface area contributed by atoms with Gasteiger partial charge in [-0.3, -0.25) is 9.59 Å². The molecular formula is C18H20O4Si. The van der Waals surface area contributed by atoms with Crippen molar-refractivity contribution in [1.29, 1.82) is 0 Å². The van der Waals surface area contributed by atoms with Gasteiger partial charge in [-0.05, 0) is 25.5 Å². The van der Waals surface area contributed by atoms with Crippen LogP contribution < -0.4 is 0 Å². The van der Waals surface area contributed by atoms with Gasteiger partial charge in [-0.15, -0.1) is 0 Å². The van der Waals surface area contributed by atoms with Crippen LogP contribution in [0, 0.1) is 0 Å². The van der Waals surface area contributed by atoms with Crippen LogP contribution >= 0.6 is 0 Å². The maximum atomic E-state index is 12.2. The van der Waals surface area contributed by atoms with Gasteiger partial charge in [-0.25, -0.2) is 0 Å². The minimum atomic E-state index is -1.76. The third-order valence-electron chi connectivity index (χ3n) is 4.71. The van der Waals surface area contributed by atoms with Crippen molar-refractivity contribution in [1.82, 2.24) is 0 Å². The quantitative estimate of drug-likeness (QED) is 0.470. The molecule has 2 N–H and O–H groups in total. The Hall–Kier alpha value is -2.14. The fourth-order valence-electron chi connectivity index (χ4n) is 3.83. The Labute approximate surface area is 136 Å². The van der Waals surface area contributed by atoms with E-state index in [2.05, 4.69) is 19.6 Å². The Morgan fingerprint density at radius 1 is 1.00 bits per heavy atom. The lowest BCUT2D eigenvalue weighted by Crippen LogP contribution is -2.34. The Morgan fingerprint density at radius 3 is 2.04 bits per heavy atom. The number of phenols is 2. The van der Waals surface area contributed by atoms with Crippen LogP contribution in [0.1, 0.15) is 44.3 Å². The van der Waals surface area contributed by atoms with Gasteiger partial charge in [-0.2, -0.15) is 0 Å². The molecule has 1 aromatic carbocycles. The van der Waals surface area contributed by atoms with E-state index in [9.17, 15) is 19.8 Å². The van der Waals surface area contributed by atoms with E-state index in [1.54, 1.807) is 0 Å². The first-order chi connectivity index (χ1) is 10.6. The zero-order chi connectivity index (χ0) is 17.1. The SMILES string of the molecule is CC1=CCc2c(O)c3c(c(O)c2C1[Si](C)(C)C)C(=O)C=CC3=O. The average molecular weight is 328 g/mol. The van der Waals surface area contributed by atoms with Crippen molar-refractivity contribution in [3.05, 3.63) is 46.1 Å². The molecule has 5 heteroatoms. The molecule has 0 heterocycles. The number of benzene rings is 1. The van der Waals surface area contributed by atoms with Gasteiger partial charge in [-0.1, -0.05) is 31.3 Å². The van der Waals surface area contributed by atoms with Crippen LogP contribution in [0.5, 0.6) is 11.5 Å². The number of aromatic hydroxyl groups is 2. The van der Waals surface area contributed by atoms with E-state index in [1.807, 2.05) is 13.0 Å². The summed E-state index contributed by atoms with van der Waals surface area (Å²) in [5.41, 5.74) is 2.27. The van der Waals surface area contributed by atoms with Crippen LogP contribution in [0.25, 0.3) is 0 Å². The molecule has 120 valence electrons. The molecule has 3 rings (SSSR count). The molecule has 0 bridgehead atoms. The van der Waals surface area contributed by atoms with E-state index in [0.717, 1.165) is 17.7 Å². The third-order valence-corrected chi connectivity index (χ3v) is 7.18. The standard InChI is InChI=1S/C18H20O4Si/c1-9-5-6-10-13(18(9)23(2,3)4)17(22)15-12(20)8-7-11(19)14(15)16(10)21/h5,7-8,18,21-22H,6H2,1-4H3. The molecule has 1 aromatic rings. The first-order valence-corrected chi connectivity index (χ1v) is 11.3. The second-order valence-corrected chi connectivity index (χ2v) is 12.7. The number of hydrogen-bond acceptors (Lipinski definition) is 4. The zero-order valence-corrected chi connectivity index (χ0v) is 14.7. The highest BCUT2D eigenvalue weighted by molar-refractivity contribution is 6.78. The van der Waals surface area contributed by atoms with Crippen molar-refractivity contribution in [2.75, 3.05) is 0 Å². The lowest BCUT2D eigenvalue weighted by molar-refractivity contribution is 0.0989. The summed E-state index contributed by atoms with van der Waals surface area (Å²) < 4.78 is 0. The number of carbonyl (C=O) groups is 2. The van der Waals surface area contributed by atoms with Crippen molar-refractivity contribution in [2.24, 2.45) is 0 Å². The van der Waals surface area contributed by atoms with Crippen LogP contribution in [0.3, 0.4) is 0 Å². The van der Waals surface area contributed by atoms with Gasteiger partial charge >= 0.3 is 0 Å². The molecule has 0 radical (unpaired) electrons. The molecule has 23 heavy (non-hydrogen) atoms. The van der Waals surface area contributed by atoms with Crippen molar-refractivity contribution < 1.29 is 19.8 Å². The lowest BCUT2D eigenvalue weighted by Gasteiger charge is -2.36. The highest BCUT2D eigenvalue weighted by Crippen LogP contribution is 2.50. The van der Waals surface area contributed by atoms with E-state index in [1.165, 1.54) is 0 Å². The summed E-state index contributed by atoms with van der Waals surface area (Å²) in [6.45, 7) is 8.58. The van der Waals surface area contributed by atoms with Gasteiger partial charge in [0.1, 0.15) is 11.5 Å². The van der Waals surface area contributed by atoms with Crippen molar-refractivity contribution in [3.8, 4) is 11.5 Å². The van der Waals surface area contributed by atoms with Crippen molar-refractivity contribution in [2.45, 2.75) is 38.5 Å². The number of carbonyl (C=O) groups excluding carboxylic acids is 2. The molecule has 0 amide bonds. The average Bonchev–Trinajstić information content (AvgIpc) is 2.45. The molecule has 4 nitrogen and oxygen atoms in total. The number of ketones is 2. The molecule has 0 aliphatic heterocycles. The molecule has 0 aromatic heterocycles. The number of phenolic OH excluding ortho intramolecular Hbond substituents is 2. The Bertz CT molecular complexity index is 810. The fourth-order valence-corrected chi connectivity index (χ4v) is 6.49. The summed E-state index contributed by atoms with van der Waals surface area (Å²) in [4.78, 5) is 24.3. The summed E-state index contributed by atoms with van der Waals surface area (Å²) >= 11 is 0. The molecular weight excluding hydrogens is 308 g/mol. The Kier molecular flexibility index (Phi) is 3.37. The van der Waals surface area contributed by atoms with Gasteiger partial charge in [0, 0.05) is 16.7 Å². The topological polar surface area (TPSA) is 74.6 Å². The van der Waals surface area contributed by atoms with Gasteiger partial charge in [0.15, 0.2) is 11.6 Å². The second kappa shape index (κ2) is 4.93. The highest BCUT2D eigenvalue weighted by atomic mass is 28.3. The summed E-state index contributed by atoms with van der Waals surface area (Å²) in [6, 6.07) is 0. The molecule has 0 spiro atoms. The predicted molar refractivity (Wildman–Crippen MR) is 91.1 cm³/mol. The largest absolute Gasteiger partial charge is 0.507 e. The molecule has 0 saturated carbocycles. The smallest absolute Gasteiger partial charge is 0.190 e. The van der Waals surface area contributed by atoms with E-state index in [0.29, 0.717) is 17.5 Å². The summed E-state index contributed by atoms with van der Waals surface area (Å²) in [7, 11) is -1.76.